The lowest BCUT2D eigenvalue weighted by Gasteiger charge is -2.36. The van der Waals surface area contributed by atoms with E-state index in [9.17, 15) is 9.18 Å². The molecule has 144 valence electrons. The van der Waals surface area contributed by atoms with Crippen LogP contribution in [0.15, 0.2) is 48.5 Å². The van der Waals surface area contributed by atoms with Crippen molar-refractivity contribution >= 4 is 24.1 Å². The molecule has 0 amide bonds. The number of esters is 1. The zero-order chi connectivity index (χ0) is 17.9. The standard InChI is InChI=1S/C21H23FN2O2.ClH/c22-18-8-3-4-9-19(18)24-14-12-23(13-15-24)11-5-10-20-16-6-1-2-7-17(16)21(25)26-20;/h1-4,6-9,20H,5,10-15H2;1H. The van der Waals surface area contributed by atoms with Crippen molar-refractivity contribution < 1.29 is 13.9 Å². The summed E-state index contributed by atoms with van der Waals surface area (Å²) >= 11 is 0. The first-order valence-electron chi connectivity index (χ1n) is 9.24. The Morgan fingerprint density at radius 2 is 1.70 bits per heavy atom. The SMILES string of the molecule is Cl.O=C1OC(CCCN2CCN(c3ccccc3F)CC2)c2ccccc21. The number of benzene rings is 2. The molecule has 1 saturated heterocycles. The van der Waals surface area contributed by atoms with E-state index < -0.39 is 0 Å². The van der Waals surface area contributed by atoms with Crippen molar-refractivity contribution in [2.24, 2.45) is 0 Å². The number of rotatable bonds is 5. The third-order valence-corrected chi connectivity index (χ3v) is 5.28. The fourth-order valence-corrected chi connectivity index (χ4v) is 3.86. The Bertz CT molecular complexity index is 793. The van der Waals surface area contributed by atoms with Gasteiger partial charge in [0.1, 0.15) is 11.9 Å². The van der Waals surface area contributed by atoms with Crippen LogP contribution in [-0.2, 0) is 4.74 Å². The number of carbonyl (C=O) groups excluding carboxylic acids is 1. The first kappa shape index (κ1) is 19.6. The summed E-state index contributed by atoms with van der Waals surface area (Å²) in [6, 6.07) is 14.6. The molecule has 0 spiro atoms. The maximum Gasteiger partial charge on any atom is 0.339 e. The van der Waals surface area contributed by atoms with E-state index >= 15 is 0 Å². The second kappa shape index (κ2) is 8.72. The van der Waals surface area contributed by atoms with E-state index in [1.54, 1.807) is 6.07 Å². The van der Waals surface area contributed by atoms with Gasteiger partial charge in [0.05, 0.1) is 11.3 Å². The first-order chi connectivity index (χ1) is 12.7. The molecule has 4 nitrogen and oxygen atoms in total. The molecule has 2 aromatic rings. The number of cyclic esters (lactones) is 1. The molecule has 1 fully saturated rings. The van der Waals surface area contributed by atoms with Crippen LogP contribution in [0.4, 0.5) is 10.1 Å². The molecule has 0 saturated carbocycles. The Hall–Kier alpha value is -2.11. The van der Waals surface area contributed by atoms with Gasteiger partial charge in [-0.3, -0.25) is 4.90 Å². The lowest BCUT2D eigenvalue weighted by Crippen LogP contribution is -2.46. The number of piperazine rings is 1. The second-order valence-electron chi connectivity index (χ2n) is 6.90. The summed E-state index contributed by atoms with van der Waals surface area (Å²) in [6.45, 7) is 4.50. The number of halogens is 2. The molecule has 0 radical (unpaired) electrons. The van der Waals surface area contributed by atoms with Crippen molar-refractivity contribution in [3.05, 3.63) is 65.5 Å². The van der Waals surface area contributed by atoms with E-state index in [-0.39, 0.29) is 30.3 Å². The van der Waals surface area contributed by atoms with E-state index in [0.29, 0.717) is 11.3 Å². The van der Waals surface area contributed by atoms with Gasteiger partial charge in [0.25, 0.3) is 0 Å². The molecule has 6 heteroatoms. The van der Waals surface area contributed by atoms with Crippen LogP contribution in [0, 0.1) is 5.82 Å². The van der Waals surface area contributed by atoms with Crippen LogP contribution in [0.3, 0.4) is 0 Å². The highest BCUT2D eigenvalue weighted by atomic mass is 35.5. The van der Waals surface area contributed by atoms with Crippen molar-refractivity contribution in [2.75, 3.05) is 37.6 Å². The number of hydrogen-bond acceptors (Lipinski definition) is 4. The van der Waals surface area contributed by atoms with Crippen LogP contribution in [0.1, 0.15) is 34.9 Å². The van der Waals surface area contributed by atoms with E-state index in [4.69, 9.17) is 4.74 Å². The normalized spacial score (nSPS) is 19.4. The van der Waals surface area contributed by atoms with Crippen LogP contribution in [0.2, 0.25) is 0 Å². The fraction of sp³-hybridized carbons (Fsp3) is 0.381. The number of para-hydroxylation sites is 1. The Morgan fingerprint density at radius 3 is 2.48 bits per heavy atom. The van der Waals surface area contributed by atoms with Gasteiger partial charge in [0, 0.05) is 31.7 Å². The maximum atomic E-state index is 13.9. The molecule has 2 aliphatic rings. The molecule has 0 N–H and O–H groups in total. The highest BCUT2D eigenvalue weighted by Crippen LogP contribution is 2.33. The number of ether oxygens (including phenoxy) is 1. The topological polar surface area (TPSA) is 32.8 Å². The van der Waals surface area contributed by atoms with Crippen molar-refractivity contribution in [3.63, 3.8) is 0 Å². The van der Waals surface area contributed by atoms with E-state index in [0.717, 1.165) is 51.1 Å². The van der Waals surface area contributed by atoms with Gasteiger partial charge in [-0.2, -0.15) is 0 Å². The predicted molar refractivity (Wildman–Crippen MR) is 106 cm³/mol. The Kier molecular flexibility index (Phi) is 6.34. The number of hydrogen-bond donors (Lipinski definition) is 0. The summed E-state index contributed by atoms with van der Waals surface area (Å²) in [5.41, 5.74) is 2.42. The minimum Gasteiger partial charge on any atom is -0.454 e. The molecule has 1 unspecified atom stereocenters. The summed E-state index contributed by atoms with van der Waals surface area (Å²) in [5.74, 6) is -0.355. The minimum atomic E-state index is -0.205. The average Bonchev–Trinajstić information content (AvgIpc) is 2.99. The summed E-state index contributed by atoms with van der Waals surface area (Å²) in [7, 11) is 0. The van der Waals surface area contributed by atoms with Crippen molar-refractivity contribution in [1.29, 1.82) is 0 Å². The van der Waals surface area contributed by atoms with E-state index in [1.807, 2.05) is 36.4 Å². The molecule has 0 aliphatic carbocycles. The first-order valence-corrected chi connectivity index (χ1v) is 9.24. The zero-order valence-corrected chi connectivity index (χ0v) is 16.0. The average molecular weight is 391 g/mol. The second-order valence-corrected chi connectivity index (χ2v) is 6.90. The van der Waals surface area contributed by atoms with Gasteiger partial charge in [-0.15, -0.1) is 12.4 Å². The molecule has 1 atom stereocenters. The van der Waals surface area contributed by atoms with Gasteiger partial charge in [-0.25, -0.2) is 9.18 Å². The molecular weight excluding hydrogens is 367 g/mol. The monoisotopic (exact) mass is 390 g/mol. The Labute approximate surface area is 165 Å². The van der Waals surface area contributed by atoms with Crippen molar-refractivity contribution in [1.82, 2.24) is 4.90 Å². The predicted octanol–water partition coefficient (Wildman–Crippen LogP) is 4.06. The van der Waals surface area contributed by atoms with Crippen molar-refractivity contribution in [2.45, 2.75) is 18.9 Å². The van der Waals surface area contributed by atoms with Crippen LogP contribution < -0.4 is 4.90 Å². The van der Waals surface area contributed by atoms with Gasteiger partial charge < -0.3 is 9.64 Å². The van der Waals surface area contributed by atoms with Crippen LogP contribution in [0.25, 0.3) is 0 Å². The Balaban J connectivity index is 0.00000210. The number of nitrogens with zero attached hydrogens (tertiary/aromatic N) is 2. The summed E-state index contributed by atoms with van der Waals surface area (Å²) in [6.07, 6.45) is 1.71. The Morgan fingerprint density at radius 1 is 1.00 bits per heavy atom. The lowest BCUT2D eigenvalue weighted by molar-refractivity contribution is 0.0358. The quantitative estimate of drug-likeness (QED) is 0.721. The van der Waals surface area contributed by atoms with Crippen LogP contribution in [-0.4, -0.2) is 43.6 Å². The van der Waals surface area contributed by atoms with Gasteiger partial charge in [-0.1, -0.05) is 30.3 Å². The van der Waals surface area contributed by atoms with Gasteiger partial charge >= 0.3 is 5.97 Å². The maximum absolute atomic E-state index is 13.9. The highest BCUT2D eigenvalue weighted by molar-refractivity contribution is 5.93. The lowest BCUT2D eigenvalue weighted by atomic mass is 10.0. The summed E-state index contributed by atoms with van der Waals surface area (Å²) in [5, 5.41) is 0. The van der Waals surface area contributed by atoms with Gasteiger partial charge in [0.2, 0.25) is 0 Å². The van der Waals surface area contributed by atoms with Crippen molar-refractivity contribution in [3.8, 4) is 0 Å². The molecule has 2 heterocycles. The van der Waals surface area contributed by atoms with Crippen LogP contribution in [0.5, 0.6) is 0 Å². The largest absolute Gasteiger partial charge is 0.454 e. The third kappa shape index (κ3) is 4.25. The molecular formula is C21H24ClFN2O2. The number of carbonyl (C=O) groups is 1. The zero-order valence-electron chi connectivity index (χ0n) is 15.1. The minimum absolute atomic E-state index is 0. The third-order valence-electron chi connectivity index (χ3n) is 5.28. The summed E-state index contributed by atoms with van der Waals surface area (Å²) in [4.78, 5) is 16.4. The fourth-order valence-electron chi connectivity index (χ4n) is 3.86. The van der Waals surface area contributed by atoms with E-state index in [2.05, 4.69) is 9.80 Å². The highest BCUT2D eigenvalue weighted by Gasteiger charge is 2.30. The molecule has 2 aliphatic heterocycles. The molecule has 0 bridgehead atoms. The van der Waals surface area contributed by atoms with Crippen LogP contribution >= 0.6 is 12.4 Å². The van der Waals surface area contributed by atoms with Gasteiger partial charge in [0.15, 0.2) is 0 Å². The number of fused-ring (bicyclic) bond motifs is 1. The summed E-state index contributed by atoms with van der Waals surface area (Å²) < 4.78 is 19.4. The number of anilines is 1. The molecule has 27 heavy (non-hydrogen) atoms. The molecule has 0 aromatic heterocycles. The van der Waals surface area contributed by atoms with Gasteiger partial charge in [-0.05, 0) is 37.6 Å². The molecule has 4 rings (SSSR count). The van der Waals surface area contributed by atoms with E-state index in [1.165, 1.54) is 6.07 Å². The smallest absolute Gasteiger partial charge is 0.339 e. The molecule has 2 aromatic carbocycles.